The van der Waals surface area contributed by atoms with Crippen molar-refractivity contribution in [2.24, 2.45) is 5.92 Å². The number of nitrogens with one attached hydrogen (secondary N) is 2. The SMILES string of the molecule is CC[C@@H](C)[CH]C(=O)NNc1ccccc1. The number of hydrogen-bond donors (Lipinski definition) is 2. The molecule has 0 fully saturated rings. The maximum Gasteiger partial charge on any atom is 0.242 e. The topological polar surface area (TPSA) is 41.1 Å². The van der Waals surface area contributed by atoms with Crippen molar-refractivity contribution in [3.63, 3.8) is 0 Å². The van der Waals surface area contributed by atoms with E-state index in [2.05, 4.69) is 17.8 Å². The smallest absolute Gasteiger partial charge is 0.242 e. The van der Waals surface area contributed by atoms with Crippen LogP contribution in [0.4, 0.5) is 5.69 Å². The van der Waals surface area contributed by atoms with Gasteiger partial charge in [0, 0.05) is 0 Å². The van der Waals surface area contributed by atoms with Gasteiger partial charge in [0.15, 0.2) is 0 Å². The van der Waals surface area contributed by atoms with Crippen molar-refractivity contribution < 1.29 is 4.79 Å². The second-order valence-electron chi connectivity index (χ2n) is 3.53. The minimum atomic E-state index is -0.0896. The highest BCUT2D eigenvalue weighted by Crippen LogP contribution is 2.05. The lowest BCUT2D eigenvalue weighted by Crippen LogP contribution is -2.30. The molecular formula is C12H17N2O. The third-order valence-corrected chi connectivity index (χ3v) is 2.18. The molecule has 1 rings (SSSR count). The standard InChI is InChI=1S/C12H17N2O/c1-3-10(2)9-12(15)14-13-11-7-5-4-6-8-11/h4-10,13H,3H2,1-2H3,(H,14,15)/t10-/m1/s1. The lowest BCUT2D eigenvalue weighted by molar-refractivity contribution is -0.117. The van der Waals surface area contributed by atoms with Gasteiger partial charge in [-0.2, -0.15) is 0 Å². The monoisotopic (exact) mass is 205 g/mol. The van der Waals surface area contributed by atoms with Crippen LogP contribution in [0.15, 0.2) is 30.3 Å². The first-order valence-electron chi connectivity index (χ1n) is 5.18. The van der Waals surface area contributed by atoms with E-state index in [0.717, 1.165) is 12.1 Å². The second kappa shape index (κ2) is 6.06. The normalized spacial score (nSPS) is 11.9. The average molecular weight is 205 g/mol. The average Bonchev–Trinajstić information content (AvgIpc) is 2.27. The first-order chi connectivity index (χ1) is 7.22. The number of carbonyl (C=O) groups excluding carboxylic acids is 1. The van der Waals surface area contributed by atoms with Gasteiger partial charge in [0.25, 0.3) is 0 Å². The molecule has 1 aromatic carbocycles. The summed E-state index contributed by atoms with van der Waals surface area (Å²) in [5, 5.41) is 0. The van der Waals surface area contributed by atoms with E-state index in [4.69, 9.17) is 0 Å². The van der Waals surface area contributed by atoms with E-state index in [-0.39, 0.29) is 5.91 Å². The third kappa shape index (κ3) is 4.49. The molecule has 3 nitrogen and oxygen atoms in total. The van der Waals surface area contributed by atoms with Crippen molar-refractivity contribution >= 4 is 11.6 Å². The highest BCUT2D eigenvalue weighted by Gasteiger charge is 2.06. The van der Waals surface area contributed by atoms with Crippen LogP contribution in [0.5, 0.6) is 0 Å². The number of benzene rings is 1. The summed E-state index contributed by atoms with van der Waals surface area (Å²) < 4.78 is 0. The van der Waals surface area contributed by atoms with E-state index < -0.39 is 0 Å². The zero-order valence-electron chi connectivity index (χ0n) is 9.16. The Hall–Kier alpha value is -1.51. The predicted molar refractivity (Wildman–Crippen MR) is 62.0 cm³/mol. The highest BCUT2D eigenvalue weighted by molar-refractivity contribution is 5.85. The van der Waals surface area contributed by atoms with E-state index in [0.29, 0.717) is 5.92 Å². The van der Waals surface area contributed by atoms with Crippen LogP contribution in [0.2, 0.25) is 0 Å². The van der Waals surface area contributed by atoms with Crippen molar-refractivity contribution in [2.45, 2.75) is 20.3 Å². The predicted octanol–water partition coefficient (Wildman–Crippen LogP) is 2.38. The number of hydrazine groups is 1. The third-order valence-electron chi connectivity index (χ3n) is 2.18. The van der Waals surface area contributed by atoms with E-state index in [1.165, 1.54) is 0 Å². The molecule has 0 aliphatic rings. The van der Waals surface area contributed by atoms with Crippen LogP contribution >= 0.6 is 0 Å². The Morgan fingerprint density at radius 1 is 1.40 bits per heavy atom. The Kier molecular flexibility index (Phi) is 4.68. The zero-order chi connectivity index (χ0) is 11.1. The summed E-state index contributed by atoms with van der Waals surface area (Å²) in [5.74, 6) is 0.218. The van der Waals surface area contributed by atoms with Crippen molar-refractivity contribution in [3.8, 4) is 0 Å². The summed E-state index contributed by atoms with van der Waals surface area (Å²) in [6.07, 6.45) is 2.65. The molecule has 3 heteroatoms. The molecule has 0 saturated carbocycles. The molecule has 2 N–H and O–H groups in total. The number of rotatable bonds is 5. The van der Waals surface area contributed by atoms with Crippen molar-refractivity contribution in [1.82, 2.24) is 5.43 Å². The molecule has 1 amide bonds. The Morgan fingerprint density at radius 3 is 2.67 bits per heavy atom. The van der Waals surface area contributed by atoms with Crippen LogP contribution in [-0.2, 0) is 4.79 Å². The quantitative estimate of drug-likeness (QED) is 0.725. The molecule has 0 bridgehead atoms. The van der Waals surface area contributed by atoms with Gasteiger partial charge >= 0.3 is 0 Å². The summed E-state index contributed by atoms with van der Waals surface area (Å²) in [5.41, 5.74) is 6.34. The molecule has 15 heavy (non-hydrogen) atoms. The van der Waals surface area contributed by atoms with Gasteiger partial charge in [-0.25, -0.2) is 0 Å². The summed E-state index contributed by atoms with van der Waals surface area (Å²) in [4.78, 5) is 11.4. The van der Waals surface area contributed by atoms with Crippen LogP contribution in [0.1, 0.15) is 20.3 Å². The maximum absolute atomic E-state index is 11.4. The first-order valence-corrected chi connectivity index (χ1v) is 5.18. The number of anilines is 1. The summed E-state index contributed by atoms with van der Waals surface area (Å²) >= 11 is 0. The van der Waals surface area contributed by atoms with Gasteiger partial charge in [-0.05, 0) is 18.1 Å². The van der Waals surface area contributed by atoms with Gasteiger partial charge in [0.2, 0.25) is 5.91 Å². The molecule has 1 atom stereocenters. The largest absolute Gasteiger partial charge is 0.299 e. The molecule has 0 heterocycles. The Labute approximate surface area is 90.9 Å². The number of carbonyl (C=O) groups is 1. The fourth-order valence-electron chi connectivity index (χ4n) is 1.07. The van der Waals surface area contributed by atoms with Crippen molar-refractivity contribution in [2.75, 3.05) is 5.43 Å². The van der Waals surface area contributed by atoms with Crippen molar-refractivity contribution in [1.29, 1.82) is 0 Å². The van der Waals surface area contributed by atoms with Gasteiger partial charge < -0.3 is 0 Å². The molecule has 1 aromatic rings. The molecule has 81 valence electrons. The number of amides is 1. The first kappa shape index (κ1) is 11.6. The fraction of sp³-hybridized carbons (Fsp3) is 0.333. The second-order valence-corrected chi connectivity index (χ2v) is 3.53. The van der Waals surface area contributed by atoms with Crippen LogP contribution in [0.3, 0.4) is 0 Å². The fourth-order valence-corrected chi connectivity index (χ4v) is 1.07. The summed E-state index contributed by atoms with van der Waals surface area (Å²) in [6, 6.07) is 9.53. The van der Waals surface area contributed by atoms with E-state index in [1.807, 2.05) is 37.3 Å². The Balaban J connectivity index is 2.29. The van der Waals surface area contributed by atoms with Crippen LogP contribution in [0.25, 0.3) is 0 Å². The summed E-state index contributed by atoms with van der Waals surface area (Å²) in [6.45, 7) is 4.07. The molecule has 0 spiro atoms. The number of para-hydroxylation sites is 1. The molecular weight excluding hydrogens is 188 g/mol. The molecule has 0 aliphatic heterocycles. The van der Waals surface area contributed by atoms with Crippen molar-refractivity contribution in [3.05, 3.63) is 36.8 Å². The minimum Gasteiger partial charge on any atom is -0.299 e. The Bertz CT molecular complexity index is 298. The Morgan fingerprint density at radius 2 is 2.07 bits per heavy atom. The molecule has 0 unspecified atom stereocenters. The lowest BCUT2D eigenvalue weighted by Gasteiger charge is -2.10. The molecule has 1 radical (unpaired) electrons. The highest BCUT2D eigenvalue weighted by atomic mass is 16.2. The van der Waals surface area contributed by atoms with Gasteiger partial charge in [0.05, 0.1) is 12.1 Å². The van der Waals surface area contributed by atoms with E-state index in [9.17, 15) is 4.79 Å². The van der Waals surface area contributed by atoms with Crippen LogP contribution in [0, 0.1) is 12.3 Å². The molecule has 0 saturated heterocycles. The van der Waals surface area contributed by atoms with E-state index >= 15 is 0 Å². The molecule has 0 aliphatic carbocycles. The number of hydrogen-bond acceptors (Lipinski definition) is 2. The minimum absolute atomic E-state index is 0.0896. The van der Waals surface area contributed by atoms with Gasteiger partial charge in [-0.3, -0.25) is 15.6 Å². The molecule has 0 aromatic heterocycles. The lowest BCUT2D eigenvalue weighted by atomic mass is 10.1. The summed E-state index contributed by atoms with van der Waals surface area (Å²) in [7, 11) is 0. The van der Waals surface area contributed by atoms with Crippen LogP contribution < -0.4 is 10.9 Å². The van der Waals surface area contributed by atoms with Crippen LogP contribution in [-0.4, -0.2) is 5.91 Å². The zero-order valence-corrected chi connectivity index (χ0v) is 9.16. The van der Waals surface area contributed by atoms with E-state index in [1.54, 1.807) is 6.42 Å². The van der Waals surface area contributed by atoms with Gasteiger partial charge in [-0.1, -0.05) is 38.5 Å². The van der Waals surface area contributed by atoms with Gasteiger partial charge in [-0.15, -0.1) is 0 Å². The van der Waals surface area contributed by atoms with Gasteiger partial charge in [0.1, 0.15) is 0 Å². The maximum atomic E-state index is 11.4.